The zero-order valence-electron chi connectivity index (χ0n) is 26.2. The van der Waals surface area contributed by atoms with Crippen molar-refractivity contribution in [1.29, 1.82) is 0 Å². The van der Waals surface area contributed by atoms with Gasteiger partial charge in [-0.25, -0.2) is 4.98 Å². The van der Waals surface area contributed by atoms with Crippen LogP contribution in [0, 0.1) is 0 Å². The summed E-state index contributed by atoms with van der Waals surface area (Å²) in [5.74, 6) is 0. The van der Waals surface area contributed by atoms with E-state index >= 15 is 0 Å². The summed E-state index contributed by atoms with van der Waals surface area (Å²) in [6.07, 6.45) is 1.57. The number of para-hydroxylation sites is 4. The third kappa shape index (κ3) is 3.10. The van der Waals surface area contributed by atoms with Crippen molar-refractivity contribution >= 4 is 106 Å². The van der Waals surface area contributed by atoms with Gasteiger partial charge in [0.05, 0.1) is 27.9 Å². The molecule has 0 spiro atoms. The van der Waals surface area contributed by atoms with Crippen LogP contribution in [0.1, 0.15) is 0 Å². The second kappa shape index (κ2) is 9.09. The first kappa shape index (κ1) is 25.6. The lowest BCUT2D eigenvalue weighted by Gasteiger charge is -2.44. The average molecular weight is 625 g/mol. The molecule has 0 saturated heterocycles. The lowest BCUT2D eigenvalue weighted by atomic mass is 9.33. The van der Waals surface area contributed by atoms with Crippen LogP contribution in [-0.4, -0.2) is 16.1 Å². The molecule has 7 aromatic carbocycles. The van der Waals surface area contributed by atoms with Gasteiger partial charge in [0.15, 0.2) is 12.0 Å². The van der Waals surface area contributed by atoms with Gasteiger partial charge >= 0.3 is 0 Å². The van der Waals surface area contributed by atoms with Crippen LogP contribution in [0.5, 0.6) is 0 Å². The van der Waals surface area contributed by atoms with Crippen molar-refractivity contribution in [2.24, 2.45) is 0 Å². The molecule has 0 fully saturated rings. The van der Waals surface area contributed by atoms with E-state index in [4.69, 9.17) is 4.42 Å². The van der Waals surface area contributed by atoms with E-state index in [1.54, 1.807) is 6.39 Å². The smallest absolute Gasteiger partial charge is 0.252 e. The maximum Gasteiger partial charge on any atom is 0.252 e. The van der Waals surface area contributed by atoms with Gasteiger partial charge in [0.2, 0.25) is 0 Å². The minimum Gasteiger partial charge on any atom is -0.441 e. The number of hydrogen-bond donors (Lipinski definition) is 0. The van der Waals surface area contributed by atoms with Gasteiger partial charge in [-0.3, -0.25) is 0 Å². The Balaban J connectivity index is 1.32. The summed E-state index contributed by atoms with van der Waals surface area (Å²) in [6.45, 7) is -0.0406. The topological polar surface area (TPSA) is 36.9 Å². The zero-order chi connectivity index (χ0) is 31.8. The van der Waals surface area contributed by atoms with E-state index in [9.17, 15) is 0 Å². The number of rotatable bonds is 2. The maximum absolute atomic E-state index is 6.25. The average Bonchev–Trinajstić information content (AvgIpc) is 3.87. The summed E-state index contributed by atoms with van der Waals surface area (Å²) >= 11 is 0. The number of benzene rings is 7. The van der Waals surface area contributed by atoms with Gasteiger partial charge in [0.25, 0.3) is 6.71 Å². The number of anilines is 6. The highest BCUT2D eigenvalue weighted by Gasteiger charge is 2.45. The quantitative estimate of drug-likeness (QED) is 0.180. The Hall–Kier alpha value is -6.53. The lowest BCUT2D eigenvalue weighted by Crippen LogP contribution is -2.61. The number of nitrogens with zero attached hydrogens (tertiary/aromatic N) is 4. The minimum atomic E-state index is -0.0406. The minimum absolute atomic E-state index is 0.0406. The normalized spacial score (nSPS) is 13.6. The largest absolute Gasteiger partial charge is 0.441 e. The molecule has 6 heteroatoms. The van der Waals surface area contributed by atoms with E-state index in [1.807, 2.05) is 0 Å². The molecule has 5 heterocycles. The third-order valence-electron chi connectivity index (χ3n) is 10.8. The SMILES string of the molecule is c1ccc(N2c3cccc4c3B(c3ccc5ncoc5c32)c2cc3c5ccccc5n5c6ccccc6c(c2N4c2ccccc2)c35)cc1. The van der Waals surface area contributed by atoms with Crippen LogP contribution in [0.2, 0.25) is 0 Å². The highest BCUT2D eigenvalue weighted by atomic mass is 16.3. The molecule has 0 atom stereocenters. The standard InChI is InChI=1S/C43H25BN4O/c1-3-12-26(13-4-1)46-36-20-11-21-37-39(36)44(31-22-23-33-43(49-25-45-33)42(31)47(37)27-14-5-2-6-15-27)32-24-30-28-16-7-9-18-34(28)48-35-19-10-8-17-29(35)38(40(30)48)41(32)46/h1-25H. The fourth-order valence-corrected chi connectivity index (χ4v) is 9.01. The van der Waals surface area contributed by atoms with Crippen LogP contribution in [0.4, 0.5) is 34.1 Å². The summed E-state index contributed by atoms with van der Waals surface area (Å²) in [5.41, 5.74) is 16.0. The molecule has 0 bridgehead atoms. The summed E-state index contributed by atoms with van der Waals surface area (Å²) in [7, 11) is 0. The molecule has 226 valence electrons. The molecule has 0 saturated carbocycles. The molecule has 2 aliphatic rings. The number of aromatic nitrogens is 2. The molecule has 2 aliphatic heterocycles. The fraction of sp³-hybridized carbons (Fsp3) is 0. The van der Waals surface area contributed by atoms with Crippen molar-refractivity contribution in [1.82, 2.24) is 9.38 Å². The molecule has 0 N–H and O–H groups in total. The Morgan fingerprint density at radius 3 is 1.90 bits per heavy atom. The molecule has 0 radical (unpaired) electrons. The Kier molecular flexibility index (Phi) is 4.74. The maximum atomic E-state index is 6.25. The van der Waals surface area contributed by atoms with Gasteiger partial charge < -0.3 is 18.6 Å². The molecule has 3 aromatic heterocycles. The van der Waals surface area contributed by atoms with Crippen LogP contribution in [0.15, 0.2) is 156 Å². The molecular formula is C43H25BN4O. The summed E-state index contributed by atoms with van der Waals surface area (Å²) < 4.78 is 8.73. The van der Waals surface area contributed by atoms with Gasteiger partial charge in [-0.15, -0.1) is 0 Å². The number of oxazole rings is 1. The molecule has 0 unspecified atom stereocenters. The predicted octanol–water partition coefficient (Wildman–Crippen LogP) is 9.06. The van der Waals surface area contributed by atoms with E-state index in [0.717, 1.165) is 33.8 Å². The first-order valence-electron chi connectivity index (χ1n) is 16.8. The molecule has 49 heavy (non-hydrogen) atoms. The molecule has 12 rings (SSSR count). The second-order valence-electron chi connectivity index (χ2n) is 13.1. The Labute approximate surface area is 281 Å². The van der Waals surface area contributed by atoms with Gasteiger partial charge in [-0.1, -0.05) is 91.0 Å². The highest BCUT2D eigenvalue weighted by Crippen LogP contribution is 2.50. The van der Waals surface area contributed by atoms with Gasteiger partial charge in [-0.2, -0.15) is 0 Å². The van der Waals surface area contributed by atoms with Crippen LogP contribution < -0.4 is 26.2 Å². The fourth-order valence-electron chi connectivity index (χ4n) is 9.01. The van der Waals surface area contributed by atoms with Crippen molar-refractivity contribution < 1.29 is 4.42 Å². The van der Waals surface area contributed by atoms with Crippen molar-refractivity contribution in [3.05, 3.63) is 152 Å². The second-order valence-corrected chi connectivity index (χ2v) is 13.1. The monoisotopic (exact) mass is 624 g/mol. The Bertz CT molecular complexity index is 2970. The first-order chi connectivity index (χ1) is 24.4. The molecule has 10 aromatic rings. The highest BCUT2D eigenvalue weighted by molar-refractivity contribution is 7.01. The van der Waals surface area contributed by atoms with Crippen LogP contribution >= 0.6 is 0 Å². The molecular weight excluding hydrogens is 599 g/mol. The van der Waals surface area contributed by atoms with Gasteiger partial charge in [0.1, 0.15) is 5.52 Å². The predicted molar refractivity (Wildman–Crippen MR) is 203 cm³/mol. The molecule has 5 nitrogen and oxygen atoms in total. The van der Waals surface area contributed by atoms with E-state index in [-0.39, 0.29) is 6.71 Å². The number of hydrogen-bond acceptors (Lipinski definition) is 4. The summed E-state index contributed by atoms with van der Waals surface area (Å²) in [4.78, 5) is 9.51. The van der Waals surface area contributed by atoms with Crippen molar-refractivity contribution in [3.8, 4) is 0 Å². The van der Waals surface area contributed by atoms with E-state index < -0.39 is 0 Å². The van der Waals surface area contributed by atoms with E-state index in [1.165, 1.54) is 65.9 Å². The number of fused-ring (bicyclic) bond motifs is 13. The molecule has 0 aliphatic carbocycles. The first-order valence-corrected chi connectivity index (χ1v) is 16.8. The summed E-state index contributed by atoms with van der Waals surface area (Å²) in [5, 5.41) is 5.10. The van der Waals surface area contributed by atoms with Crippen molar-refractivity contribution in [2.75, 3.05) is 9.80 Å². The zero-order valence-corrected chi connectivity index (χ0v) is 26.2. The van der Waals surface area contributed by atoms with Crippen LogP contribution in [0.3, 0.4) is 0 Å². The van der Waals surface area contributed by atoms with Crippen molar-refractivity contribution in [3.63, 3.8) is 0 Å². The van der Waals surface area contributed by atoms with Crippen LogP contribution in [-0.2, 0) is 0 Å². The van der Waals surface area contributed by atoms with Gasteiger partial charge in [-0.05, 0) is 71.0 Å². The third-order valence-corrected chi connectivity index (χ3v) is 10.8. The molecule has 0 amide bonds. The van der Waals surface area contributed by atoms with E-state index in [0.29, 0.717) is 0 Å². The summed E-state index contributed by atoms with van der Waals surface area (Å²) in [6, 6.07) is 52.9. The van der Waals surface area contributed by atoms with Gasteiger partial charge in [0, 0.05) is 44.3 Å². The Morgan fingerprint density at radius 1 is 0.531 bits per heavy atom. The van der Waals surface area contributed by atoms with E-state index in [2.05, 4.69) is 165 Å². The lowest BCUT2D eigenvalue weighted by molar-refractivity contribution is 0.602. The van der Waals surface area contributed by atoms with Crippen molar-refractivity contribution in [2.45, 2.75) is 0 Å². The van der Waals surface area contributed by atoms with Crippen LogP contribution in [0.25, 0.3) is 49.2 Å². The Morgan fingerprint density at radius 2 is 1.16 bits per heavy atom.